The van der Waals surface area contributed by atoms with Crippen molar-refractivity contribution in [1.82, 2.24) is 9.13 Å². The molecule has 0 aliphatic carbocycles. The molecule has 0 spiro atoms. The Hall–Kier alpha value is -4.05. The molecule has 10 heteroatoms. The Morgan fingerprint density at radius 3 is 1.88 bits per heavy atom. The maximum absolute atomic E-state index is 13.1. The predicted octanol–water partition coefficient (Wildman–Crippen LogP) is 3.15. The SMILES string of the molecule is COc1ccc(Oc2cc3c(cc2NS(=O)(=O)c2ccc(C)cc2)n(C)c(=O)c(=O)n3C)cc1. The zero-order valence-corrected chi connectivity index (χ0v) is 19.8. The van der Waals surface area contributed by atoms with Crippen LogP contribution in [0.3, 0.4) is 0 Å². The van der Waals surface area contributed by atoms with Crippen molar-refractivity contribution in [2.24, 2.45) is 14.1 Å². The molecule has 0 fully saturated rings. The molecule has 0 atom stereocenters. The highest BCUT2D eigenvalue weighted by Crippen LogP contribution is 2.35. The molecular formula is C24H23N3O6S. The molecule has 0 unspecified atom stereocenters. The minimum atomic E-state index is -3.97. The first kappa shape index (κ1) is 23.1. The number of nitrogens with one attached hydrogen (secondary N) is 1. The first-order valence-corrected chi connectivity index (χ1v) is 11.7. The number of aromatic nitrogens is 2. The Morgan fingerprint density at radius 2 is 1.32 bits per heavy atom. The summed E-state index contributed by atoms with van der Waals surface area (Å²) in [7, 11) is 0.497. The van der Waals surface area contributed by atoms with E-state index in [1.54, 1.807) is 43.5 Å². The Bertz CT molecular complexity index is 1600. The molecule has 34 heavy (non-hydrogen) atoms. The molecule has 1 heterocycles. The molecule has 0 bridgehead atoms. The van der Waals surface area contributed by atoms with Crippen molar-refractivity contribution in [2.75, 3.05) is 11.8 Å². The zero-order chi connectivity index (χ0) is 24.6. The average molecular weight is 482 g/mol. The van der Waals surface area contributed by atoms with Gasteiger partial charge in [0.25, 0.3) is 10.0 Å². The number of anilines is 1. The molecule has 0 amide bonds. The molecule has 0 saturated carbocycles. The largest absolute Gasteiger partial charge is 0.497 e. The summed E-state index contributed by atoms with van der Waals surface area (Å²) in [6, 6.07) is 16.1. The van der Waals surface area contributed by atoms with Crippen LogP contribution < -0.4 is 25.3 Å². The van der Waals surface area contributed by atoms with Gasteiger partial charge in [0, 0.05) is 20.2 Å². The van der Waals surface area contributed by atoms with Crippen molar-refractivity contribution in [2.45, 2.75) is 11.8 Å². The summed E-state index contributed by atoms with van der Waals surface area (Å²) in [6.07, 6.45) is 0. The second-order valence-corrected chi connectivity index (χ2v) is 9.44. The van der Waals surface area contributed by atoms with Crippen molar-refractivity contribution in [3.8, 4) is 17.2 Å². The fraction of sp³-hybridized carbons (Fsp3) is 0.167. The molecular weight excluding hydrogens is 458 g/mol. The summed E-state index contributed by atoms with van der Waals surface area (Å²) >= 11 is 0. The lowest BCUT2D eigenvalue weighted by molar-refractivity contribution is 0.413. The summed E-state index contributed by atoms with van der Waals surface area (Å²) in [5.74, 6) is 1.20. The molecule has 176 valence electrons. The molecule has 0 aliphatic rings. The summed E-state index contributed by atoms with van der Waals surface area (Å²) in [5.41, 5.74) is 0.343. The maximum atomic E-state index is 13.1. The number of nitrogens with zero attached hydrogens (tertiary/aromatic N) is 2. The minimum absolute atomic E-state index is 0.0722. The van der Waals surface area contributed by atoms with E-state index in [9.17, 15) is 18.0 Å². The van der Waals surface area contributed by atoms with Gasteiger partial charge in [-0.3, -0.25) is 14.3 Å². The Morgan fingerprint density at radius 1 is 0.794 bits per heavy atom. The van der Waals surface area contributed by atoms with Crippen molar-refractivity contribution >= 4 is 26.7 Å². The molecule has 4 aromatic rings. The van der Waals surface area contributed by atoms with Gasteiger partial charge in [0.15, 0.2) is 5.75 Å². The lowest BCUT2D eigenvalue weighted by Crippen LogP contribution is -2.39. The molecule has 0 aliphatic heterocycles. The van der Waals surface area contributed by atoms with E-state index >= 15 is 0 Å². The lowest BCUT2D eigenvalue weighted by Gasteiger charge is -2.17. The van der Waals surface area contributed by atoms with E-state index in [-0.39, 0.29) is 16.3 Å². The highest BCUT2D eigenvalue weighted by atomic mass is 32.2. The van der Waals surface area contributed by atoms with Gasteiger partial charge in [-0.15, -0.1) is 0 Å². The first-order valence-electron chi connectivity index (χ1n) is 10.3. The number of hydrogen-bond acceptors (Lipinski definition) is 6. The normalized spacial score (nSPS) is 11.4. The number of aryl methyl sites for hydroxylation is 3. The van der Waals surface area contributed by atoms with Crippen molar-refractivity contribution < 1.29 is 17.9 Å². The van der Waals surface area contributed by atoms with Crippen LogP contribution >= 0.6 is 0 Å². The molecule has 3 aromatic carbocycles. The van der Waals surface area contributed by atoms with Gasteiger partial charge in [-0.1, -0.05) is 17.7 Å². The Kier molecular flexibility index (Phi) is 5.92. The fourth-order valence-corrected chi connectivity index (χ4v) is 4.52. The third-order valence-corrected chi connectivity index (χ3v) is 6.84. The van der Waals surface area contributed by atoms with E-state index in [1.165, 1.54) is 47.5 Å². The summed E-state index contributed by atoms with van der Waals surface area (Å²) in [4.78, 5) is 24.7. The lowest BCUT2D eigenvalue weighted by atomic mass is 10.2. The van der Waals surface area contributed by atoms with Gasteiger partial charge < -0.3 is 18.6 Å². The van der Waals surface area contributed by atoms with Gasteiger partial charge in [0.05, 0.1) is 28.7 Å². The zero-order valence-electron chi connectivity index (χ0n) is 19.0. The fourth-order valence-electron chi connectivity index (χ4n) is 3.46. The smallest absolute Gasteiger partial charge is 0.316 e. The molecule has 0 saturated heterocycles. The number of methoxy groups -OCH3 is 1. The van der Waals surface area contributed by atoms with E-state index in [4.69, 9.17) is 9.47 Å². The van der Waals surface area contributed by atoms with Crippen molar-refractivity contribution in [3.63, 3.8) is 0 Å². The minimum Gasteiger partial charge on any atom is -0.497 e. The van der Waals surface area contributed by atoms with Crippen LogP contribution in [0.2, 0.25) is 0 Å². The van der Waals surface area contributed by atoms with Crippen LogP contribution in [0.1, 0.15) is 5.56 Å². The van der Waals surface area contributed by atoms with E-state index in [2.05, 4.69) is 4.72 Å². The number of hydrogen-bond donors (Lipinski definition) is 1. The van der Waals surface area contributed by atoms with Crippen LogP contribution in [-0.2, 0) is 24.1 Å². The predicted molar refractivity (Wildman–Crippen MR) is 129 cm³/mol. The summed E-state index contributed by atoms with van der Waals surface area (Å²) in [5, 5.41) is 0. The maximum Gasteiger partial charge on any atom is 0.316 e. The van der Waals surface area contributed by atoms with E-state index in [0.29, 0.717) is 22.5 Å². The van der Waals surface area contributed by atoms with Crippen LogP contribution in [0, 0.1) is 6.92 Å². The van der Waals surface area contributed by atoms with Gasteiger partial charge >= 0.3 is 11.1 Å². The quantitative estimate of drug-likeness (QED) is 0.424. The summed E-state index contributed by atoms with van der Waals surface area (Å²) < 4.78 is 42.3. The number of benzene rings is 3. The van der Waals surface area contributed by atoms with Crippen LogP contribution in [0.15, 0.2) is 75.1 Å². The van der Waals surface area contributed by atoms with E-state index < -0.39 is 21.1 Å². The van der Waals surface area contributed by atoms with Gasteiger partial charge in [-0.05, 0) is 49.4 Å². The second kappa shape index (κ2) is 8.71. The van der Waals surface area contributed by atoms with Crippen molar-refractivity contribution in [3.05, 3.63) is 86.9 Å². The van der Waals surface area contributed by atoms with E-state index in [1.807, 2.05) is 6.92 Å². The Labute approximate surface area is 195 Å². The van der Waals surface area contributed by atoms with Gasteiger partial charge in [-0.25, -0.2) is 8.42 Å². The molecule has 9 nitrogen and oxygen atoms in total. The highest BCUT2D eigenvalue weighted by Gasteiger charge is 2.20. The standard InChI is InChI=1S/C24H23N3O6S/c1-15-5-11-18(12-6-15)34(30,31)25-19-13-20-21(27(3)24(29)23(28)26(20)2)14-22(19)33-17-9-7-16(32-4)8-10-17/h5-14,25H,1-4H3. The second-order valence-electron chi connectivity index (χ2n) is 7.76. The third kappa shape index (κ3) is 4.27. The Balaban J connectivity index is 1.89. The molecule has 1 aromatic heterocycles. The topological polar surface area (TPSA) is 109 Å². The average Bonchev–Trinajstić information content (AvgIpc) is 2.82. The van der Waals surface area contributed by atoms with Gasteiger partial charge in [-0.2, -0.15) is 0 Å². The molecule has 1 N–H and O–H groups in total. The van der Waals surface area contributed by atoms with Crippen LogP contribution in [0.4, 0.5) is 5.69 Å². The van der Waals surface area contributed by atoms with Gasteiger partial charge in [0.1, 0.15) is 11.5 Å². The number of fused-ring (bicyclic) bond motifs is 1. The number of sulfonamides is 1. The number of rotatable bonds is 6. The third-order valence-electron chi connectivity index (χ3n) is 5.45. The van der Waals surface area contributed by atoms with Crippen LogP contribution in [0.5, 0.6) is 17.2 Å². The molecule has 0 radical (unpaired) electrons. The monoisotopic (exact) mass is 481 g/mol. The van der Waals surface area contributed by atoms with E-state index in [0.717, 1.165) is 5.56 Å². The van der Waals surface area contributed by atoms with Gasteiger partial charge in [0.2, 0.25) is 0 Å². The first-order chi connectivity index (χ1) is 16.1. The summed E-state index contributed by atoms with van der Waals surface area (Å²) in [6.45, 7) is 1.86. The molecule has 4 rings (SSSR count). The number of ether oxygens (including phenoxy) is 2. The highest BCUT2D eigenvalue weighted by molar-refractivity contribution is 7.92. The van der Waals surface area contributed by atoms with Crippen molar-refractivity contribution in [1.29, 1.82) is 0 Å². The van der Waals surface area contributed by atoms with Crippen LogP contribution in [0.25, 0.3) is 11.0 Å². The van der Waals surface area contributed by atoms with Crippen LogP contribution in [-0.4, -0.2) is 24.7 Å².